The maximum absolute atomic E-state index is 10.6. The fraction of sp³-hybridized carbons (Fsp3) is 0. The zero-order valence-corrected chi connectivity index (χ0v) is 33.3. The lowest BCUT2D eigenvalue weighted by Gasteiger charge is -2.33. The summed E-state index contributed by atoms with van der Waals surface area (Å²) in [5, 5.41) is 17.6. The first-order valence-corrected chi connectivity index (χ1v) is 21.0. The third-order valence-electron chi connectivity index (χ3n) is 12.9. The summed E-state index contributed by atoms with van der Waals surface area (Å²) in [6.45, 7) is -0.0863. The summed E-state index contributed by atoms with van der Waals surface area (Å²) in [5.74, 6) is 3.14. The predicted octanol–water partition coefficient (Wildman–Crippen LogP) is 12.7. The zero-order valence-electron chi connectivity index (χ0n) is 33.3. The lowest BCUT2D eigenvalue weighted by Crippen LogP contribution is -2.57. The van der Waals surface area contributed by atoms with Crippen molar-refractivity contribution in [1.82, 2.24) is 4.57 Å². The molecule has 11 aromatic rings. The first-order valence-electron chi connectivity index (χ1n) is 21.0. The van der Waals surface area contributed by atoms with E-state index in [-0.39, 0.29) is 6.71 Å². The highest BCUT2D eigenvalue weighted by Crippen LogP contribution is 2.46. The third-order valence-corrected chi connectivity index (χ3v) is 12.9. The molecule has 0 aliphatic carbocycles. The molecule has 0 amide bonds. The van der Waals surface area contributed by atoms with E-state index in [1.54, 1.807) is 0 Å². The number of nitriles is 1. The van der Waals surface area contributed by atoms with E-state index in [1.165, 1.54) is 32.7 Å². The smallest absolute Gasteiger partial charge is 0.260 e. The molecule has 13 rings (SSSR count). The minimum atomic E-state index is -0.0863. The minimum Gasteiger partial charge on any atom is -0.458 e. The fourth-order valence-electron chi connectivity index (χ4n) is 10.3. The molecular weight excluding hydrogens is 755 g/mol. The summed E-state index contributed by atoms with van der Waals surface area (Å²) in [5.41, 5.74) is 13.4. The second-order valence-corrected chi connectivity index (χ2v) is 16.3. The Hall–Kier alpha value is -8.33. The number of nitrogens with zero attached hydrogens (tertiary/aromatic N) is 2. The number of fused-ring (bicyclic) bond motifs is 9. The molecule has 62 heavy (non-hydrogen) atoms. The van der Waals surface area contributed by atoms with E-state index in [9.17, 15) is 5.26 Å². The Kier molecular flexibility index (Phi) is 7.43. The molecule has 0 N–H and O–H groups in total. The van der Waals surface area contributed by atoms with E-state index in [0.717, 1.165) is 89.1 Å². The Morgan fingerprint density at radius 2 is 0.887 bits per heavy atom. The van der Waals surface area contributed by atoms with Gasteiger partial charge in [0.15, 0.2) is 0 Å². The van der Waals surface area contributed by atoms with Crippen molar-refractivity contribution in [3.63, 3.8) is 0 Å². The Bertz CT molecular complexity index is 3620. The van der Waals surface area contributed by atoms with Crippen molar-refractivity contribution < 1.29 is 9.47 Å². The molecule has 0 saturated heterocycles. The van der Waals surface area contributed by atoms with Crippen molar-refractivity contribution in [3.8, 4) is 68.1 Å². The van der Waals surface area contributed by atoms with Crippen molar-refractivity contribution in [2.75, 3.05) is 0 Å². The van der Waals surface area contributed by atoms with Crippen LogP contribution in [0, 0.1) is 11.3 Å². The summed E-state index contributed by atoms with van der Waals surface area (Å²) in [4.78, 5) is 0. The fourth-order valence-corrected chi connectivity index (χ4v) is 10.3. The maximum Gasteiger partial charge on any atom is 0.260 e. The number of para-hydroxylation sites is 3. The first kappa shape index (κ1) is 34.5. The summed E-state index contributed by atoms with van der Waals surface area (Å²) in [7, 11) is 0. The van der Waals surface area contributed by atoms with Crippen LogP contribution in [0.3, 0.4) is 0 Å². The van der Waals surface area contributed by atoms with E-state index < -0.39 is 0 Å². The van der Waals surface area contributed by atoms with Crippen LogP contribution in [-0.2, 0) is 0 Å². The van der Waals surface area contributed by atoms with Gasteiger partial charge >= 0.3 is 0 Å². The van der Waals surface area contributed by atoms with Crippen LogP contribution in [-0.4, -0.2) is 11.3 Å². The van der Waals surface area contributed by atoms with E-state index in [2.05, 4.69) is 193 Å². The quantitative estimate of drug-likeness (QED) is 0.132. The Morgan fingerprint density at radius 3 is 1.53 bits per heavy atom. The monoisotopic (exact) mass is 788 g/mol. The molecule has 0 atom stereocenters. The highest BCUT2D eigenvalue weighted by Gasteiger charge is 2.40. The standard InChI is InChI=1S/C57H33BN2O2/c59-34-35-28-37(30-39(29-35)56-45-20-6-4-18-43(45)55(36-14-2-1-3-15-36)44-19-5-7-21-46(44)56)38-31-53-57-54(32-38)62-52-33-40(26-27-48(52)58(57)47-22-10-13-25-51(47)61-53)60-49-23-11-8-16-41(49)42-17-9-12-24-50(42)60/h1-33H. The molecule has 0 spiro atoms. The first-order chi connectivity index (χ1) is 30.7. The van der Waals surface area contributed by atoms with Gasteiger partial charge in [0.25, 0.3) is 6.71 Å². The van der Waals surface area contributed by atoms with Crippen LogP contribution in [0.4, 0.5) is 0 Å². The number of hydrogen-bond acceptors (Lipinski definition) is 3. The highest BCUT2D eigenvalue weighted by molar-refractivity contribution is 6.98. The lowest BCUT2D eigenvalue weighted by atomic mass is 9.35. The van der Waals surface area contributed by atoms with Crippen molar-refractivity contribution in [2.45, 2.75) is 0 Å². The normalized spacial score (nSPS) is 12.4. The molecule has 286 valence electrons. The van der Waals surface area contributed by atoms with Gasteiger partial charge in [-0.15, -0.1) is 0 Å². The molecule has 4 nitrogen and oxygen atoms in total. The lowest BCUT2D eigenvalue weighted by molar-refractivity contribution is 0.465. The van der Waals surface area contributed by atoms with Crippen molar-refractivity contribution in [1.29, 1.82) is 5.26 Å². The van der Waals surface area contributed by atoms with E-state index in [0.29, 0.717) is 5.56 Å². The zero-order chi connectivity index (χ0) is 40.9. The summed E-state index contributed by atoms with van der Waals surface area (Å²) in [6, 6.07) is 73.0. The van der Waals surface area contributed by atoms with Gasteiger partial charge in [-0.2, -0.15) is 5.26 Å². The largest absolute Gasteiger partial charge is 0.458 e. The molecule has 3 heterocycles. The molecule has 0 fully saturated rings. The Morgan fingerprint density at radius 1 is 0.387 bits per heavy atom. The number of benzene rings is 10. The van der Waals surface area contributed by atoms with Crippen molar-refractivity contribution >= 4 is 66.5 Å². The van der Waals surface area contributed by atoms with Gasteiger partial charge in [0.2, 0.25) is 0 Å². The van der Waals surface area contributed by atoms with Crippen LogP contribution >= 0.6 is 0 Å². The highest BCUT2D eigenvalue weighted by atomic mass is 16.5. The number of ether oxygens (including phenoxy) is 2. The molecule has 2 aliphatic heterocycles. The topological polar surface area (TPSA) is 47.2 Å². The minimum absolute atomic E-state index is 0.0863. The van der Waals surface area contributed by atoms with Gasteiger partial charge in [-0.25, -0.2) is 0 Å². The molecular formula is C57H33BN2O2. The van der Waals surface area contributed by atoms with E-state index >= 15 is 0 Å². The van der Waals surface area contributed by atoms with Crippen LogP contribution in [0.25, 0.3) is 82.4 Å². The second kappa shape index (κ2) is 13.3. The number of aromatic nitrogens is 1. The van der Waals surface area contributed by atoms with Crippen LogP contribution in [0.2, 0.25) is 0 Å². The summed E-state index contributed by atoms with van der Waals surface area (Å²) >= 11 is 0. The molecule has 2 aliphatic rings. The molecule has 0 unspecified atom stereocenters. The van der Waals surface area contributed by atoms with Crippen LogP contribution in [0.5, 0.6) is 23.0 Å². The van der Waals surface area contributed by atoms with Gasteiger partial charge in [0.1, 0.15) is 23.0 Å². The van der Waals surface area contributed by atoms with Crippen LogP contribution in [0.1, 0.15) is 5.56 Å². The van der Waals surface area contributed by atoms with Gasteiger partial charge in [-0.3, -0.25) is 0 Å². The van der Waals surface area contributed by atoms with Gasteiger partial charge in [-0.05, 0) is 120 Å². The average molecular weight is 789 g/mol. The van der Waals surface area contributed by atoms with E-state index in [1.807, 2.05) is 18.2 Å². The number of rotatable bonds is 4. The van der Waals surface area contributed by atoms with Gasteiger partial charge in [-0.1, -0.05) is 140 Å². The molecule has 0 radical (unpaired) electrons. The van der Waals surface area contributed by atoms with E-state index in [4.69, 9.17) is 9.47 Å². The molecule has 0 saturated carbocycles. The SMILES string of the molecule is N#Cc1cc(-c2cc3c4c(c2)Oc2cc(-n5c6ccccc6c6ccccc65)ccc2B4c2ccccc2O3)cc(-c2c3ccccc3c(-c3ccccc3)c3ccccc23)c1. The van der Waals surface area contributed by atoms with Crippen LogP contribution < -0.4 is 25.9 Å². The van der Waals surface area contributed by atoms with Crippen molar-refractivity contribution in [3.05, 3.63) is 206 Å². The van der Waals surface area contributed by atoms with Gasteiger partial charge < -0.3 is 14.0 Å². The molecule has 5 heteroatoms. The van der Waals surface area contributed by atoms with Crippen LogP contribution in [0.15, 0.2) is 200 Å². The molecule has 1 aromatic heterocycles. The maximum atomic E-state index is 10.6. The predicted molar refractivity (Wildman–Crippen MR) is 255 cm³/mol. The average Bonchev–Trinajstić information content (AvgIpc) is 3.67. The Labute approximate surface area is 358 Å². The van der Waals surface area contributed by atoms with Crippen molar-refractivity contribution in [2.24, 2.45) is 0 Å². The second-order valence-electron chi connectivity index (χ2n) is 16.3. The summed E-state index contributed by atoms with van der Waals surface area (Å²) in [6.07, 6.45) is 0. The summed E-state index contributed by atoms with van der Waals surface area (Å²) < 4.78 is 16.2. The third kappa shape index (κ3) is 5.08. The van der Waals surface area contributed by atoms with Gasteiger partial charge in [0.05, 0.1) is 22.7 Å². The number of hydrogen-bond donors (Lipinski definition) is 0. The van der Waals surface area contributed by atoms with Gasteiger partial charge in [0, 0.05) is 28.0 Å². The molecule has 0 bridgehead atoms. The Balaban J connectivity index is 1.01. The molecule has 10 aromatic carbocycles.